The number of anilines is 2. The average molecular weight is 397 g/mol. The summed E-state index contributed by atoms with van der Waals surface area (Å²) in [4.78, 5) is 11.8. The molecule has 2 aromatic carbocycles. The van der Waals surface area contributed by atoms with Crippen LogP contribution in [0.4, 0.5) is 37.7 Å². The third-order valence-corrected chi connectivity index (χ3v) is 3.38. The molecule has 0 aliphatic carbocycles. The molecule has 0 fully saturated rings. The van der Waals surface area contributed by atoms with E-state index in [4.69, 9.17) is 11.6 Å². The largest absolute Gasteiger partial charge is 0.416 e. The molecular formula is C16H11ClF6N2O. The van der Waals surface area contributed by atoms with E-state index in [0.29, 0.717) is 22.8 Å². The van der Waals surface area contributed by atoms with Crippen LogP contribution in [0.5, 0.6) is 0 Å². The molecule has 0 spiro atoms. The zero-order valence-electron chi connectivity index (χ0n) is 12.8. The van der Waals surface area contributed by atoms with Crippen LogP contribution in [-0.4, -0.2) is 12.5 Å². The summed E-state index contributed by atoms with van der Waals surface area (Å²) >= 11 is 5.74. The van der Waals surface area contributed by atoms with Gasteiger partial charge in [0.1, 0.15) is 0 Å². The van der Waals surface area contributed by atoms with Crippen LogP contribution in [0.15, 0.2) is 42.5 Å². The summed E-state index contributed by atoms with van der Waals surface area (Å²) in [6.45, 7) is -0.537. The monoisotopic (exact) mass is 396 g/mol. The number of hydrogen-bond acceptors (Lipinski definition) is 2. The van der Waals surface area contributed by atoms with Crippen LogP contribution in [0.2, 0.25) is 5.02 Å². The van der Waals surface area contributed by atoms with E-state index >= 15 is 0 Å². The van der Waals surface area contributed by atoms with Gasteiger partial charge in [-0.25, -0.2) is 0 Å². The number of halogens is 7. The van der Waals surface area contributed by atoms with Gasteiger partial charge in [0.15, 0.2) is 0 Å². The fourth-order valence-corrected chi connectivity index (χ4v) is 2.20. The van der Waals surface area contributed by atoms with E-state index < -0.39 is 41.6 Å². The number of benzene rings is 2. The third-order valence-electron chi connectivity index (χ3n) is 3.15. The molecule has 2 rings (SSSR count). The molecule has 0 atom stereocenters. The van der Waals surface area contributed by atoms with Crippen LogP contribution in [0.3, 0.4) is 0 Å². The van der Waals surface area contributed by atoms with Crippen molar-refractivity contribution in [3.8, 4) is 0 Å². The van der Waals surface area contributed by atoms with Crippen LogP contribution >= 0.6 is 11.6 Å². The van der Waals surface area contributed by atoms with E-state index in [0.717, 1.165) is 0 Å². The standard InChI is InChI=1S/C16H11ClF6N2O/c17-11-2-1-3-12(7-11)25-14(26)8-24-13-5-9(15(18,19)20)4-10(6-13)16(21,22)23/h1-7,24H,8H2,(H,25,26). The average Bonchev–Trinajstić information content (AvgIpc) is 2.51. The highest BCUT2D eigenvalue weighted by Gasteiger charge is 2.36. The van der Waals surface area contributed by atoms with E-state index in [1.165, 1.54) is 12.1 Å². The van der Waals surface area contributed by atoms with Crippen LogP contribution in [-0.2, 0) is 17.1 Å². The number of carbonyl (C=O) groups excluding carboxylic acids is 1. The van der Waals surface area contributed by atoms with Gasteiger partial charge in [-0.3, -0.25) is 4.79 Å². The maximum absolute atomic E-state index is 12.8. The van der Waals surface area contributed by atoms with Crippen molar-refractivity contribution in [2.24, 2.45) is 0 Å². The van der Waals surface area contributed by atoms with Gasteiger partial charge in [-0.2, -0.15) is 26.3 Å². The molecule has 0 heterocycles. The summed E-state index contributed by atoms with van der Waals surface area (Å²) in [6.07, 6.45) is -9.92. The Balaban J connectivity index is 2.14. The molecule has 2 N–H and O–H groups in total. The van der Waals surface area contributed by atoms with Gasteiger partial charge in [0.05, 0.1) is 17.7 Å². The van der Waals surface area contributed by atoms with Gasteiger partial charge in [0, 0.05) is 16.4 Å². The maximum atomic E-state index is 12.8. The minimum atomic E-state index is -4.96. The van der Waals surface area contributed by atoms with Gasteiger partial charge >= 0.3 is 12.4 Å². The SMILES string of the molecule is O=C(CNc1cc(C(F)(F)F)cc(C(F)(F)F)c1)Nc1cccc(Cl)c1. The third kappa shape index (κ3) is 5.55. The van der Waals surface area contributed by atoms with Crippen molar-refractivity contribution in [3.05, 3.63) is 58.6 Å². The smallest absolute Gasteiger partial charge is 0.376 e. The summed E-state index contributed by atoms with van der Waals surface area (Å²) in [6, 6.07) is 7.10. The summed E-state index contributed by atoms with van der Waals surface area (Å²) in [5.41, 5.74) is -3.08. The molecule has 0 aromatic heterocycles. The van der Waals surface area contributed by atoms with Gasteiger partial charge in [0.2, 0.25) is 5.91 Å². The Kier molecular flexibility index (Phi) is 5.70. The first-order valence-corrected chi connectivity index (χ1v) is 7.42. The second-order valence-electron chi connectivity index (χ2n) is 5.21. The highest BCUT2D eigenvalue weighted by molar-refractivity contribution is 6.30. The fraction of sp³-hybridized carbons (Fsp3) is 0.188. The zero-order valence-corrected chi connectivity index (χ0v) is 13.6. The molecule has 0 radical (unpaired) electrons. The first kappa shape index (κ1) is 19.9. The minimum Gasteiger partial charge on any atom is -0.376 e. The zero-order chi connectivity index (χ0) is 19.5. The molecule has 26 heavy (non-hydrogen) atoms. The topological polar surface area (TPSA) is 41.1 Å². The van der Waals surface area contributed by atoms with Crippen LogP contribution < -0.4 is 10.6 Å². The second kappa shape index (κ2) is 7.45. The predicted octanol–water partition coefficient (Wildman–Crippen LogP) is 5.43. The first-order valence-electron chi connectivity index (χ1n) is 7.04. The Morgan fingerprint density at radius 2 is 1.46 bits per heavy atom. The van der Waals surface area contributed by atoms with Crippen molar-refractivity contribution in [3.63, 3.8) is 0 Å². The van der Waals surface area contributed by atoms with E-state index in [2.05, 4.69) is 10.6 Å². The number of amides is 1. The Hall–Kier alpha value is -2.42. The van der Waals surface area contributed by atoms with Crippen LogP contribution in [0, 0.1) is 0 Å². The predicted molar refractivity (Wildman–Crippen MR) is 85.0 cm³/mol. The number of hydrogen-bond donors (Lipinski definition) is 2. The van der Waals surface area contributed by atoms with Crippen molar-refractivity contribution < 1.29 is 31.1 Å². The normalized spacial score (nSPS) is 12.0. The lowest BCUT2D eigenvalue weighted by atomic mass is 10.1. The van der Waals surface area contributed by atoms with Crippen molar-refractivity contribution in [2.75, 3.05) is 17.2 Å². The fourth-order valence-electron chi connectivity index (χ4n) is 2.01. The number of alkyl halides is 6. The Labute approximate surface area is 149 Å². The molecule has 0 aliphatic rings. The van der Waals surface area contributed by atoms with E-state index in [9.17, 15) is 31.1 Å². The Morgan fingerprint density at radius 1 is 0.885 bits per heavy atom. The molecule has 2 aromatic rings. The molecule has 1 amide bonds. The van der Waals surface area contributed by atoms with Crippen molar-refractivity contribution in [1.82, 2.24) is 0 Å². The molecule has 0 bridgehead atoms. The van der Waals surface area contributed by atoms with E-state index in [1.807, 2.05) is 0 Å². The summed E-state index contributed by atoms with van der Waals surface area (Å²) in [5, 5.41) is 5.02. The molecular weight excluding hydrogens is 386 g/mol. The minimum absolute atomic E-state index is 0.0111. The van der Waals surface area contributed by atoms with Gasteiger partial charge in [-0.1, -0.05) is 17.7 Å². The second-order valence-corrected chi connectivity index (χ2v) is 5.64. The van der Waals surface area contributed by atoms with Gasteiger partial charge in [-0.15, -0.1) is 0 Å². The quantitative estimate of drug-likeness (QED) is 0.677. The highest BCUT2D eigenvalue weighted by Crippen LogP contribution is 2.37. The lowest BCUT2D eigenvalue weighted by Gasteiger charge is -2.15. The summed E-state index contributed by atoms with van der Waals surface area (Å²) < 4.78 is 76.6. The van der Waals surface area contributed by atoms with Crippen molar-refractivity contribution in [1.29, 1.82) is 0 Å². The molecule has 140 valence electrons. The number of carbonyl (C=O) groups is 1. The number of nitrogens with one attached hydrogen (secondary N) is 2. The molecule has 0 unspecified atom stereocenters. The highest BCUT2D eigenvalue weighted by atomic mass is 35.5. The molecule has 3 nitrogen and oxygen atoms in total. The maximum Gasteiger partial charge on any atom is 0.416 e. The van der Waals surface area contributed by atoms with Gasteiger partial charge in [0.25, 0.3) is 0 Å². The Bertz CT molecular complexity index is 772. The van der Waals surface area contributed by atoms with Crippen molar-refractivity contribution >= 4 is 28.9 Å². The molecule has 10 heteroatoms. The lowest BCUT2D eigenvalue weighted by Crippen LogP contribution is -2.22. The van der Waals surface area contributed by atoms with E-state index in [-0.39, 0.29) is 6.07 Å². The Morgan fingerprint density at radius 3 is 1.96 bits per heavy atom. The summed E-state index contributed by atoms with van der Waals surface area (Å²) in [7, 11) is 0. The van der Waals surface area contributed by atoms with Crippen LogP contribution in [0.25, 0.3) is 0 Å². The van der Waals surface area contributed by atoms with Gasteiger partial charge in [-0.05, 0) is 36.4 Å². The first-order chi connectivity index (χ1) is 11.9. The molecule has 0 saturated carbocycles. The lowest BCUT2D eigenvalue weighted by molar-refractivity contribution is -0.143. The van der Waals surface area contributed by atoms with Crippen LogP contribution in [0.1, 0.15) is 11.1 Å². The molecule has 0 saturated heterocycles. The van der Waals surface area contributed by atoms with E-state index in [1.54, 1.807) is 12.1 Å². The number of rotatable bonds is 4. The van der Waals surface area contributed by atoms with Crippen molar-refractivity contribution in [2.45, 2.75) is 12.4 Å². The molecule has 0 aliphatic heterocycles. The van der Waals surface area contributed by atoms with Gasteiger partial charge < -0.3 is 10.6 Å². The summed E-state index contributed by atoms with van der Waals surface area (Å²) in [5.74, 6) is -0.668.